The maximum atomic E-state index is 13.5. The molecule has 5 rings (SSSR count). The molecular formula is C38H39F3N4O5. The van der Waals surface area contributed by atoms with E-state index in [0.29, 0.717) is 80.2 Å². The third kappa shape index (κ3) is 9.08. The number of hydrogen-bond donors (Lipinski definition) is 2. The standard InChI is InChI=1S/C38H39F3N4O5/c1-47-32-15-9-27(10-16-32)34-35(28-11-17-33(48-2)18-12-28)45(36(44-34)29-7-13-31(14-8-29)38(39,40)41)25-26-3-5-30(6-4-26)37(46)43-20-22-50-24-23-49-21-19-42/h3-18H,19-25,42H2,1-2H3,(H,43,46). The van der Waals surface area contributed by atoms with Crippen LogP contribution in [0.5, 0.6) is 11.5 Å². The van der Waals surface area contributed by atoms with Crippen LogP contribution in [0.4, 0.5) is 13.2 Å². The van der Waals surface area contributed by atoms with E-state index in [9.17, 15) is 18.0 Å². The summed E-state index contributed by atoms with van der Waals surface area (Å²) >= 11 is 0. The molecule has 0 radical (unpaired) electrons. The summed E-state index contributed by atoms with van der Waals surface area (Å²) in [6.07, 6.45) is -4.48. The van der Waals surface area contributed by atoms with Crippen LogP contribution in [0.25, 0.3) is 33.9 Å². The number of benzene rings is 4. The van der Waals surface area contributed by atoms with Crippen molar-refractivity contribution in [2.75, 3.05) is 53.7 Å². The molecule has 1 aromatic heterocycles. The summed E-state index contributed by atoms with van der Waals surface area (Å²) in [6, 6.07) is 27.1. The lowest BCUT2D eigenvalue weighted by Gasteiger charge is -2.15. The molecule has 3 N–H and O–H groups in total. The fourth-order valence-electron chi connectivity index (χ4n) is 5.32. The van der Waals surface area contributed by atoms with E-state index in [0.717, 1.165) is 34.5 Å². The fourth-order valence-corrected chi connectivity index (χ4v) is 5.32. The highest BCUT2D eigenvalue weighted by Gasteiger charge is 2.30. The Bertz CT molecular complexity index is 1820. The normalized spacial score (nSPS) is 11.4. The zero-order valence-corrected chi connectivity index (χ0v) is 27.8. The van der Waals surface area contributed by atoms with Crippen LogP contribution in [0.15, 0.2) is 97.1 Å². The van der Waals surface area contributed by atoms with Crippen LogP contribution in [0.3, 0.4) is 0 Å². The SMILES string of the molecule is COc1ccc(-c2nc(-c3ccc(C(F)(F)F)cc3)n(Cc3ccc(C(=O)NCCOCCOCCN)cc3)c2-c2ccc(OC)cc2)cc1. The van der Waals surface area contributed by atoms with E-state index < -0.39 is 11.7 Å². The number of nitrogens with zero attached hydrogens (tertiary/aromatic N) is 2. The highest BCUT2D eigenvalue weighted by atomic mass is 19.4. The molecule has 0 spiro atoms. The van der Waals surface area contributed by atoms with Gasteiger partial charge < -0.3 is 34.6 Å². The first-order valence-electron chi connectivity index (χ1n) is 16.0. The number of aromatic nitrogens is 2. The molecule has 0 aliphatic carbocycles. The summed E-state index contributed by atoms with van der Waals surface area (Å²) in [6.45, 7) is 2.75. The maximum absolute atomic E-state index is 13.5. The molecule has 0 atom stereocenters. The topological polar surface area (TPSA) is 110 Å². The number of rotatable bonds is 16. The molecule has 4 aromatic carbocycles. The fraction of sp³-hybridized carbons (Fsp3) is 0.263. The summed E-state index contributed by atoms with van der Waals surface area (Å²) in [5, 5.41) is 2.85. The van der Waals surface area contributed by atoms with Gasteiger partial charge in [-0.3, -0.25) is 4.79 Å². The van der Waals surface area contributed by atoms with E-state index in [-0.39, 0.29) is 5.91 Å². The summed E-state index contributed by atoms with van der Waals surface area (Å²) < 4.78 is 63.9. The first kappa shape index (κ1) is 36.1. The highest BCUT2D eigenvalue weighted by molar-refractivity contribution is 5.94. The van der Waals surface area contributed by atoms with Gasteiger partial charge in [0.25, 0.3) is 5.91 Å². The minimum Gasteiger partial charge on any atom is -0.497 e. The highest BCUT2D eigenvalue weighted by Crippen LogP contribution is 2.39. The molecule has 0 aliphatic rings. The number of alkyl halides is 3. The molecule has 5 aromatic rings. The van der Waals surface area contributed by atoms with E-state index in [1.807, 2.05) is 65.2 Å². The van der Waals surface area contributed by atoms with Crippen LogP contribution in [0.2, 0.25) is 0 Å². The van der Waals surface area contributed by atoms with Crippen LogP contribution in [-0.2, 0) is 22.2 Å². The second-order valence-electron chi connectivity index (χ2n) is 11.2. The minimum absolute atomic E-state index is 0.242. The van der Waals surface area contributed by atoms with Gasteiger partial charge in [-0.15, -0.1) is 0 Å². The van der Waals surface area contributed by atoms with Crippen molar-refractivity contribution in [2.45, 2.75) is 12.7 Å². The lowest BCUT2D eigenvalue weighted by molar-refractivity contribution is -0.137. The lowest BCUT2D eigenvalue weighted by atomic mass is 10.0. The van der Waals surface area contributed by atoms with Crippen LogP contribution in [0, 0.1) is 0 Å². The number of nitrogens with one attached hydrogen (secondary N) is 1. The molecule has 262 valence electrons. The number of carbonyl (C=O) groups excluding carboxylic acids is 1. The van der Waals surface area contributed by atoms with E-state index in [4.69, 9.17) is 29.7 Å². The summed E-state index contributed by atoms with van der Waals surface area (Å²) in [4.78, 5) is 17.9. The van der Waals surface area contributed by atoms with Crippen molar-refractivity contribution in [3.8, 4) is 45.4 Å². The average Bonchev–Trinajstić information content (AvgIpc) is 3.51. The van der Waals surface area contributed by atoms with Gasteiger partial charge in [-0.05, 0) is 78.4 Å². The quantitative estimate of drug-likeness (QED) is 0.111. The second kappa shape index (κ2) is 17.0. The first-order chi connectivity index (χ1) is 24.2. The molecule has 0 bridgehead atoms. The van der Waals surface area contributed by atoms with Gasteiger partial charge in [-0.25, -0.2) is 4.98 Å². The molecule has 0 saturated heterocycles. The van der Waals surface area contributed by atoms with Crippen LogP contribution in [-0.4, -0.2) is 69.2 Å². The zero-order valence-electron chi connectivity index (χ0n) is 27.8. The molecule has 0 unspecified atom stereocenters. The largest absolute Gasteiger partial charge is 0.497 e. The van der Waals surface area contributed by atoms with E-state index >= 15 is 0 Å². The predicted molar refractivity (Wildman–Crippen MR) is 185 cm³/mol. The smallest absolute Gasteiger partial charge is 0.416 e. The van der Waals surface area contributed by atoms with Gasteiger partial charge >= 0.3 is 6.18 Å². The van der Waals surface area contributed by atoms with Gasteiger partial charge in [0, 0.05) is 41.9 Å². The third-order valence-corrected chi connectivity index (χ3v) is 7.89. The monoisotopic (exact) mass is 688 g/mol. The summed E-state index contributed by atoms with van der Waals surface area (Å²) in [5.74, 6) is 1.58. The Kier molecular flexibility index (Phi) is 12.3. The third-order valence-electron chi connectivity index (χ3n) is 7.89. The Morgan fingerprint density at radius 1 is 0.740 bits per heavy atom. The predicted octanol–water partition coefficient (Wildman–Crippen LogP) is 6.69. The Hall–Kier alpha value is -5.17. The van der Waals surface area contributed by atoms with Crippen LogP contribution >= 0.6 is 0 Å². The molecule has 1 amide bonds. The Morgan fingerprint density at radius 3 is 1.86 bits per heavy atom. The average molecular weight is 689 g/mol. The van der Waals surface area contributed by atoms with Gasteiger partial charge in [0.05, 0.1) is 57.6 Å². The molecule has 0 fully saturated rings. The van der Waals surface area contributed by atoms with Gasteiger partial charge in [0.1, 0.15) is 17.3 Å². The van der Waals surface area contributed by atoms with Crippen molar-refractivity contribution in [3.63, 3.8) is 0 Å². The number of imidazole rings is 1. The first-order valence-corrected chi connectivity index (χ1v) is 16.0. The molecule has 1 heterocycles. The van der Waals surface area contributed by atoms with Crippen LogP contribution < -0.4 is 20.5 Å². The molecule has 0 saturated carbocycles. The van der Waals surface area contributed by atoms with E-state index in [2.05, 4.69) is 5.32 Å². The number of amides is 1. The summed E-state index contributed by atoms with van der Waals surface area (Å²) in [5.41, 5.74) is 9.49. The second-order valence-corrected chi connectivity index (χ2v) is 11.2. The molecular weight excluding hydrogens is 649 g/mol. The van der Waals surface area contributed by atoms with Crippen LogP contribution in [0.1, 0.15) is 21.5 Å². The van der Waals surface area contributed by atoms with Crippen molar-refractivity contribution >= 4 is 5.91 Å². The number of ether oxygens (including phenoxy) is 4. The number of carbonyl (C=O) groups is 1. The number of nitrogens with two attached hydrogens (primary N) is 1. The molecule has 12 heteroatoms. The molecule has 50 heavy (non-hydrogen) atoms. The van der Waals surface area contributed by atoms with Gasteiger partial charge in [0.2, 0.25) is 0 Å². The van der Waals surface area contributed by atoms with Crippen molar-refractivity contribution < 1.29 is 36.9 Å². The molecule has 0 aliphatic heterocycles. The summed E-state index contributed by atoms with van der Waals surface area (Å²) in [7, 11) is 3.17. The molecule has 9 nitrogen and oxygen atoms in total. The van der Waals surface area contributed by atoms with Gasteiger partial charge in [-0.1, -0.05) is 24.3 Å². The number of hydrogen-bond acceptors (Lipinski definition) is 7. The Morgan fingerprint density at radius 2 is 1.30 bits per heavy atom. The maximum Gasteiger partial charge on any atom is 0.416 e. The minimum atomic E-state index is -4.48. The number of halogens is 3. The Labute approximate surface area is 288 Å². The van der Waals surface area contributed by atoms with Gasteiger partial charge in [0.15, 0.2) is 0 Å². The van der Waals surface area contributed by atoms with Crippen molar-refractivity contribution in [3.05, 3.63) is 114 Å². The number of methoxy groups -OCH3 is 2. The van der Waals surface area contributed by atoms with Crippen molar-refractivity contribution in [2.24, 2.45) is 5.73 Å². The van der Waals surface area contributed by atoms with E-state index in [1.165, 1.54) is 12.1 Å². The Balaban J connectivity index is 1.48. The lowest BCUT2D eigenvalue weighted by Crippen LogP contribution is -2.27. The zero-order chi connectivity index (χ0) is 35.5. The van der Waals surface area contributed by atoms with Crippen molar-refractivity contribution in [1.29, 1.82) is 0 Å². The van der Waals surface area contributed by atoms with E-state index in [1.54, 1.807) is 26.4 Å². The van der Waals surface area contributed by atoms with Crippen molar-refractivity contribution in [1.82, 2.24) is 14.9 Å². The van der Waals surface area contributed by atoms with Gasteiger partial charge in [-0.2, -0.15) is 13.2 Å².